The summed E-state index contributed by atoms with van der Waals surface area (Å²) in [6, 6.07) is 8.46. The molecule has 0 radical (unpaired) electrons. The third-order valence-electron chi connectivity index (χ3n) is 3.49. The highest BCUT2D eigenvalue weighted by molar-refractivity contribution is 7.98. The van der Waals surface area contributed by atoms with Gasteiger partial charge in [-0.05, 0) is 37.8 Å². The third-order valence-corrected chi connectivity index (χ3v) is 4.26. The van der Waals surface area contributed by atoms with Crippen LogP contribution in [0, 0.1) is 6.92 Å². The van der Waals surface area contributed by atoms with Gasteiger partial charge in [0.25, 0.3) is 0 Å². The van der Waals surface area contributed by atoms with E-state index in [0.29, 0.717) is 0 Å². The van der Waals surface area contributed by atoms with Crippen LogP contribution in [0.1, 0.15) is 12.5 Å². The zero-order valence-electron chi connectivity index (χ0n) is 11.9. The lowest BCUT2D eigenvalue weighted by atomic mass is 10.1. The van der Waals surface area contributed by atoms with Gasteiger partial charge in [-0.2, -0.15) is 0 Å². The van der Waals surface area contributed by atoms with Crippen molar-refractivity contribution in [1.29, 1.82) is 0 Å². The summed E-state index contributed by atoms with van der Waals surface area (Å²) in [4.78, 5) is 10.5. The number of fused-ring (bicyclic) bond motifs is 1. The molecule has 0 unspecified atom stereocenters. The van der Waals surface area contributed by atoms with E-state index in [1.807, 2.05) is 6.33 Å². The maximum absolute atomic E-state index is 4.83. The van der Waals surface area contributed by atoms with E-state index >= 15 is 0 Å². The summed E-state index contributed by atoms with van der Waals surface area (Å²) in [5, 5.41) is 1.22. The molecule has 1 aromatic carbocycles. The van der Waals surface area contributed by atoms with Gasteiger partial charge in [0.15, 0.2) is 0 Å². The Morgan fingerprint density at radius 2 is 2.10 bits per heavy atom. The van der Waals surface area contributed by atoms with E-state index in [2.05, 4.69) is 60.1 Å². The Hall–Kier alpha value is -1.81. The van der Waals surface area contributed by atoms with Crippen molar-refractivity contribution in [3.63, 3.8) is 0 Å². The van der Waals surface area contributed by atoms with E-state index in [0.717, 1.165) is 23.4 Å². The van der Waals surface area contributed by atoms with Gasteiger partial charge in [0, 0.05) is 23.0 Å². The second-order valence-electron chi connectivity index (χ2n) is 4.77. The number of nitrogens with zero attached hydrogens (tertiary/aromatic N) is 3. The van der Waals surface area contributed by atoms with Crippen molar-refractivity contribution in [1.82, 2.24) is 14.5 Å². The highest BCUT2D eigenvalue weighted by atomic mass is 32.2. The molecule has 2 heterocycles. The number of benzene rings is 1. The van der Waals surface area contributed by atoms with Crippen molar-refractivity contribution >= 4 is 22.7 Å². The average molecular weight is 283 g/mol. The number of thioether (sulfide) groups is 1. The molecule has 0 N–H and O–H groups in total. The van der Waals surface area contributed by atoms with Crippen molar-refractivity contribution in [3.05, 3.63) is 42.4 Å². The minimum absolute atomic E-state index is 0.926. The molecule has 2 aromatic heterocycles. The van der Waals surface area contributed by atoms with Crippen LogP contribution in [-0.4, -0.2) is 20.8 Å². The van der Waals surface area contributed by atoms with E-state index in [1.165, 1.54) is 15.8 Å². The monoisotopic (exact) mass is 283 g/mol. The SMILES string of the molecule is CCn1cnc(-c2cc(C)c3cccc(SC)c3n2)c1. The molecule has 0 saturated heterocycles. The lowest BCUT2D eigenvalue weighted by molar-refractivity contribution is 0.762. The molecule has 20 heavy (non-hydrogen) atoms. The Balaban J connectivity index is 2.22. The number of para-hydroxylation sites is 1. The number of rotatable bonds is 3. The van der Waals surface area contributed by atoms with Crippen LogP contribution >= 0.6 is 11.8 Å². The minimum atomic E-state index is 0.926. The van der Waals surface area contributed by atoms with E-state index in [4.69, 9.17) is 4.98 Å². The van der Waals surface area contributed by atoms with Crippen LogP contribution in [0.5, 0.6) is 0 Å². The molecular weight excluding hydrogens is 266 g/mol. The molecule has 3 aromatic rings. The number of pyridine rings is 1. The number of aryl methyl sites for hydroxylation is 2. The quantitative estimate of drug-likeness (QED) is 0.677. The topological polar surface area (TPSA) is 30.7 Å². The number of aromatic nitrogens is 3. The highest BCUT2D eigenvalue weighted by Gasteiger charge is 2.09. The normalized spacial score (nSPS) is 11.2. The molecule has 4 heteroatoms. The van der Waals surface area contributed by atoms with Gasteiger partial charge in [-0.1, -0.05) is 12.1 Å². The van der Waals surface area contributed by atoms with E-state index in [9.17, 15) is 0 Å². The first kappa shape index (κ1) is 13.2. The standard InChI is InChI=1S/C16H17N3S/c1-4-19-9-14(17-10-19)13-8-11(2)12-6-5-7-15(20-3)16(12)18-13/h5-10H,4H2,1-3H3. The van der Waals surface area contributed by atoms with Gasteiger partial charge in [-0.3, -0.25) is 0 Å². The van der Waals surface area contributed by atoms with Gasteiger partial charge in [-0.25, -0.2) is 9.97 Å². The summed E-state index contributed by atoms with van der Waals surface area (Å²) in [6.07, 6.45) is 6.00. The molecule has 0 fully saturated rings. The van der Waals surface area contributed by atoms with Crippen molar-refractivity contribution < 1.29 is 0 Å². The maximum atomic E-state index is 4.83. The Morgan fingerprint density at radius 1 is 1.25 bits per heavy atom. The van der Waals surface area contributed by atoms with Gasteiger partial charge in [0.1, 0.15) is 5.69 Å². The second-order valence-corrected chi connectivity index (χ2v) is 5.62. The smallest absolute Gasteiger partial charge is 0.107 e. The van der Waals surface area contributed by atoms with Gasteiger partial charge in [0.2, 0.25) is 0 Å². The van der Waals surface area contributed by atoms with Gasteiger partial charge in [0.05, 0.1) is 17.5 Å². The fourth-order valence-electron chi connectivity index (χ4n) is 2.35. The van der Waals surface area contributed by atoms with Gasteiger partial charge < -0.3 is 4.57 Å². The predicted molar refractivity (Wildman–Crippen MR) is 85.2 cm³/mol. The van der Waals surface area contributed by atoms with Gasteiger partial charge in [-0.15, -0.1) is 11.8 Å². The average Bonchev–Trinajstić information content (AvgIpc) is 2.95. The lowest BCUT2D eigenvalue weighted by Gasteiger charge is -2.08. The molecule has 0 atom stereocenters. The van der Waals surface area contributed by atoms with E-state index < -0.39 is 0 Å². The highest BCUT2D eigenvalue weighted by Crippen LogP contribution is 2.29. The second kappa shape index (κ2) is 5.29. The molecule has 0 aliphatic carbocycles. The Morgan fingerprint density at radius 3 is 2.80 bits per heavy atom. The predicted octanol–water partition coefficient (Wildman–Crippen LogP) is 4.15. The summed E-state index contributed by atoms with van der Waals surface area (Å²) >= 11 is 1.73. The number of hydrogen-bond donors (Lipinski definition) is 0. The lowest BCUT2D eigenvalue weighted by Crippen LogP contribution is -1.91. The molecule has 0 saturated carbocycles. The van der Waals surface area contributed by atoms with Crippen LogP contribution in [-0.2, 0) is 6.54 Å². The van der Waals surface area contributed by atoms with Crippen LogP contribution in [0.15, 0.2) is 41.7 Å². The van der Waals surface area contributed by atoms with Crippen molar-refractivity contribution in [2.45, 2.75) is 25.3 Å². The van der Waals surface area contributed by atoms with Crippen LogP contribution < -0.4 is 0 Å². The number of imidazole rings is 1. The molecule has 0 bridgehead atoms. The Labute approximate surface area is 123 Å². The summed E-state index contributed by atoms with van der Waals surface area (Å²) < 4.78 is 2.07. The Bertz CT molecular complexity index is 762. The van der Waals surface area contributed by atoms with Gasteiger partial charge >= 0.3 is 0 Å². The molecule has 102 valence electrons. The largest absolute Gasteiger partial charge is 0.337 e. The molecule has 0 aliphatic heterocycles. The first-order chi connectivity index (χ1) is 9.72. The van der Waals surface area contributed by atoms with E-state index in [1.54, 1.807) is 11.8 Å². The van der Waals surface area contributed by atoms with Crippen LogP contribution in [0.25, 0.3) is 22.3 Å². The summed E-state index contributed by atoms with van der Waals surface area (Å²) in [5.41, 5.74) is 4.20. The zero-order valence-corrected chi connectivity index (χ0v) is 12.7. The zero-order chi connectivity index (χ0) is 14.1. The van der Waals surface area contributed by atoms with Crippen LogP contribution in [0.2, 0.25) is 0 Å². The molecule has 3 nitrogen and oxygen atoms in total. The fourth-order valence-corrected chi connectivity index (χ4v) is 2.92. The maximum Gasteiger partial charge on any atom is 0.107 e. The van der Waals surface area contributed by atoms with Crippen LogP contribution in [0.3, 0.4) is 0 Å². The number of hydrogen-bond acceptors (Lipinski definition) is 3. The molecule has 0 spiro atoms. The van der Waals surface area contributed by atoms with Crippen molar-refractivity contribution in [2.24, 2.45) is 0 Å². The Kier molecular flexibility index (Phi) is 3.49. The first-order valence-electron chi connectivity index (χ1n) is 6.69. The summed E-state index contributed by atoms with van der Waals surface area (Å²) in [5.74, 6) is 0. The van der Waals surface area contributed by atoms with Crippen molar-refractivity contribution in [3.8, 4) is 11.4 Å². The van der Waals surface area contributed by atoms with E-state index in [-0.39, 0.29) is 0 Å². The molecule has 0 aliphatic rings. The fraction of sp³-hybridized carbons (Fsp3) is 0.250. The first-order valence-corrected chi connectivity index (χ1v) is 7.92. The van der Waals surface area contributed by atoms with Crippen molar-refractivity contribution in [2.75, 3.05) is 6.26 Å². The third kappa shape index (κ3) is 2.20. The van der Waals surface area contributed by atoms with Crippen LogP contribution in [0.4, 0.5) is 0 Å². The molecule has 0 amide bonds. The summed E-state index contributed by atoms with van der Waals surface area (Å²) in [7, 11) is 0. The molecule has 3 rings (SSSR count). The summed E-state index contributed by atoms with van der Waals surface area (Å²) in [6.45, 7) is 5.17. The molecular formula is C16H17N3S. The minimum Gasteiger partial charge on any atom is -0.337 e.